The van der Waals surface area contributed by atoms with Gasteiger partial charge in [-0.1, -0.05) is 70.5 Å². The summed E-state index contributed by atoms with van der Waals surface area (Å²) in [6.07, 6.45) is 10.4. The number of hydrogen-bond acceptors (Lipinski definition) is 4. The molecule has 0 aromatic heterocycles. The Hall–Kier alpha value is -1.07. The van der Waals surface area contributed by atoms with E-state index in [1.54, 1.807) is 12.2 Å². The first-order valence-corrected chi connectivity index (χ1v) is 13.9. The maximum absolute atomic E-state index is 14.0. The third-order valence-electron chi connectivity index (χ3n) is 11.8. The van der Waals surface area contributed by atoms with E-state index in [4.69, 9.17) is 0 Å². The van der Waals surface area contributed by atoms with Gasteiger partial charge in [-0.15, -0.1) is 0 Å². The minimum atomic E-state index is -0.535. The molecule has 195 valence electrons. The van der Waals surface area contributed by atoms with E-state index < -0.39 is 11.5 Å². The Bertz CT molecular complexity index is 1160. The Labute approximate surface area is 247 Å². The molecule has 1 radical (unpaired) electrons. The minimum absolute atomic E-state index is 0. The van der Waals surface area contributed by atoms with Crippen molar-refractivity contribution in [2.45, 2.75) is 66.0 Å². The van der Waals surface area contributed by atoms with Crippen molar-refractivity contribution < 1.29 is 47.4 Å². The summed E-state index contributed by atoms with van der Waals surface area (Å²) in [4.78, 5) is 28.7. The number of ketones is 2. The van der Waals surface area contributed by atoms with Gasteiger partial charge in [-0.3, -0.25) is 9.69 Å². The van der Waals surface area contributed by atoms with Crippen LogP contribution in [0.5, 0.6) is 0 Å². The molecule has 0 spiro atoms. The predicted octanol–water partition coefficient (Wildman–Crippen LogP) is 5.17. The second-order valence-corrected chi connectivity index (χ2v) is 12.9. The van der Waals surface area contributed by atoms with Crippen LogP contribution < -0.4 is 0 Å². The van der Waals surface area contributed by atoms with Crippen LogP contribution >= 0.6 is 0 Å². The van der Waals surface area contributed by atoms with Crippen molar-refractivity contribution in [2.24, 2.45) is 39.4 Å². The normalized spacial score (nSPS) is 44.0. The standard InChI is InChI=1S/C32H40NO3.Y/c1-5-27(35)32-20-33(18-21-9-7-6-8-10-21)19-23(32)16-26-25-12-11-22-15-24(34)13-14-29(22,2)31(25,4)28(36)17-30(26,32)3;/h6-11,13-15,23,25-26,28,36H,5,12,16-20H2,1-4H3;/q-1;/t23-,25-,26-,28-,29-,30-,31+,32+;/m0./s1. The maximum atomic E-state index is 14.0. The number of rotatable bonds is 4. The minimum Gasteiger partial charge on any atom is -0.392 e. The molecule has 1 saturated heterocycles. The molecule has 3 saturated carbocycles. The van der Waals surface area contributed by atoms with E-state index in [2.05, 4.69) is 68.5 Å². The third-order valence-corrected chi connectivity index (χ3v) is 11.8. The number of benzene rings is 1. The molecule has 1 aliphatic heterocycles. The van der Waals surface area contributed by atoms with Crippen LogP contribution in [0, 0.1) is 45.8 Å². The van der Waals surface area contributed by atoms with Crippen LogP contribution in [0.4, 0.5) is 0 Å². The largest absolute Gasteiger partial charge is 0.392 e. The van der Waals surface area contributed by atoms with E-state index in [0.717, 1.165) is 38.0 Å². The quantitative estimate of drug-likeness (QED) is 0.504. The molecule has 4 aliphatic carbocycles. The molecule has 1 N–H and O–H groups in total. The number of carbonyl (C=O) groups excluding carboxylic acids is 2. The van der Waals surface area contributed by atoms with Gasteiger partial charge in [0.05, 0.1) is 17.3 Å². The molecule has 0 bridgehead atoms. The summed E-state index contributed by atoms with van der Waals surface area (Å²) in [5, 5.41) is 12.1. The van der Waals surface area contributed by atoms with Crippen LogP contribution in [0.3, 0.4) is 0 Å². The van der Waals surface area contributed by atoms with Gasteiger partial charge in [-0.2, -0.15) is 11.6 Å². The number of likely N-dealkylation sites (tertiary alicyclic amines) is 1. The molecule has 6 rings (SSSR count). The topological polar surface area (TPSA) is 57.6 Å². The summed E-state index contributed by atoms with van der Waals surface area (Å²) >= 11 is 0. The van der Waals surface area contributed by atoms with Crippen molar-refractivity contribution in [3.05, 3.63) is 66.1 Å². The van der Waals surface area contributed by atoms with E-state index in [-0.39, 0.29) is 60.7 Å². The second-order valence-electron chi connectivity index (χ2n) is 12.9. The van der Waals surface area contributed by atoms with Crippen molar-refractivity contribution in [3.8, 4) is 0 Å². The zero-order chi connectivity index (χ0) is 25.5. The van der Waals surface area contributed by atoms with Gasteiger partial charge in [0.2, 0.25) is 0 Å². The average Bonchev–Trinajstić information content (AvgIpc) is 3.33. The van der Waals surface area contributed by atoms with Crippen LogP contribution in [-0.4, -0.2) is 40.8 Å². The first-order valence-electron chi connectivity index (χ1n) is 13.9. The van der Waals surface area contributed by atoms with Gasteiger partial charge in [-0.25, -0.2) is 6.42 Å². The number of carbonyl (C=O) groups is 2. The first kappa shape index (κ1) is 27.5. The van der Waals surface area contributed by atoms with Gasteiger partial charge in [-0.05, 0) is 53.1 Å². The SMILES string of the molecule is CCC(=O)[C@@]12CN(Cc3ccccc3)C[C@@H]1C[C@H]1[C@@H]3C[CH-]C4=CC(=O)C=C[C@]4(C)[C@@]3(C)[C@@H](O)C[C@@]12C.[Y]. The van der Waals surface area contributed by atoms with Gasteiger partial charge in [0.25, 0.3) is 0 Å². The Morgan fingerprint density at radius 1 is 1.16 bits per heavy atom. The maximum Gasteiger partial charge on any atom is 0.140 e. The van der Waals surface area contributed by atoms with Gasteiger partial charge in [0.15, 0.2) is 0 Å². The Morgan fingerprint density at radius 3 is 2.59 bits per heavy atom. The molecule has 5 aliphatic rings. The molecular formula is C32H40NO3Y-. The molecule has 0 amide bonds. The zero-order valence-corrected chi connectivity index (χ0v) is 25.6. The molecule has 8 atom stereocenters. The van der Waals surface area contributed by atoms with E-state index in [0.29, 0.717) is 30.5 Å². The van der Waals surface area contributed by atoms with E-state index in [1.165, 1.54) is 5.56 Å². The van der Waals surface area contributed by atoms with Crippen LogP contribution in [0.15, 0.2) is 54.1 Å². The Morgan fingerprint density at radius 2 is 1.89 bits per heavy atom. The summed E-state index contributed by atoms with van der Waals surface area (Å²) < 4.78 is 0. The molecule has 1 aromatic carbocycles. The zero-order valence-electron chi connectivity index (χ0n) is 22.7. The van der Waals surface area contributed by atoms with E-state index in [1.807, 2.05) is 6.92 Å². The van der Waals surface area contributed by atoms with E-state index in [9.17, 15) is 14.7 Å². The van der Waals surface area contributed by atoms with Gasteiger partial charge in [0, 0.05) is 64.2 Å². The van der Waals surface area contributed by atoms with Crippen molar-refractivity contribution in [2.75, 3.05) is 13.1 Å². The fourth-order valence-corrected chi connectivity index (χ4v) is 9.82. The summed E-state index contributed by atoms with van der Waals surface area (Å²) in [5.41, 5.74) is 0.973. The van der Waals surface area contributed by atoms with Crippen LogP contribution in [-0.2, 0) is 48.8 Å². The van der Waals surface area contributed by atoms with Crippen molar-refractivity contribution in [1.82, 2.24) is 4.90 Å². The molecule has 4 fully saturated rings. The predicted molar refractivity (Wildman–Crippen MR) is 141 cm³/mol. The van der Waals surface area contributed by atoms with Crippen LogP contribution in [0.25, 0.3) is 0 Å². The third kappa shape index (κ3) is 3.51. The van der Waals surface area contributed by atoms with Crippen molar-refractivity contribution >= 4 is 11.6 Å². The first-order chi connectivity index (χ1) is 17.1. The number of aliphatic hydroxyl groups is 1. The van der Waals surface area contributed by atoms with Crippen LogP contribution in [0.1, 0.15) is 58.9 Å². The number of fused-ring (bicyclic) bond motifs is 7. The molecule has 4 nitrogen and oxygen atoms in total. The molecular weight excluding hydrogens is 535 g/mol. The van der Waals surface area contributed by atoms with Gasteiger partial charge < -0.3 is 9.90 Å². The van der Waals surface area contributed by atoms with Crippen LogP contribution in [0.2, 0.25) is 0 Å². The second kappa shape index (κ2) is 9.25. The number of nitrogens with zero attached hydrogens (tertiary/aromatic N) is 1. The van der Waals surface area contributed by atoms with Gasteiger partial charge in [0.1, 0.15) is 5.78 Å². The summed E-state index contributed by atoms with van der Waals surface area (Å²) in [7, 11) is 0. The van der Waals surface area contributed by atoms with Crippen molar-refractivity contribution in [1.29, 1.82) is 0 Å². The van der Waals surface area contributed by atoms with E-state index >= 15 is 0 Å². The Kier molecular flexibility index (Phi) is 6.88. The number of hydrogen-bond donors (Lipinski definition) is 1. The number of aliphatic hydroxyl groups excluding tert-OH is 1. The molecule has 37 heavy (non-hydrogen) atoms. The fraction of sp³-hybridized carbons (Fsp3) is 0.594. The summed E-state index contributed by atoms with van der Waals surface area (Å²) in [6, 6.07) is 10.6. The monoisotopic (exact) mass is 575 g/mol. The molecule has 0 unspecified atom stereocenters. The van der Waals surface area contributed by atoms with Crippen molar-refractivity contribution in [3.63, 3.8) is 0 Å². The fourth-order valence-electron chi connectivity index (χ4n) is 9.82. The molecule has 1 aromatic rings. The van der Waals surface area contributed by atoms with Gasteiger partial charge >= 0.3 is 0 Å². The number of allylic oxidation sites excluding steroid dienone is 4. The summed E-state index contributed by atoms with van der Waals surface area (Å²) in [5.74, 6) is 1.41. The number of Topliss-reactive ketones (excluding diaryl/α,β-unsaturated/α-hetero) is 1. The average molecular weight is 576 g/mol. The summed E-state index contributed by atoms with van der Waals surface area (Å²) in [6.45, 7) is 11.4. The smallest absolute Gasteiger partial charge is 0.140 e. The molecule has 5 heteroatoms. The Balaban J connectivity index is 0.00000280. The molecule has 1 heterocycles.